The van der Waals surface area contributed by atoms with E-state index in [1.54, 1.807) is 7.11 Å². The number of methoxy groups -OCH3 is 1. The maximum absolute atomic E-state index is 13.9. The maximum Gasteiger partial charge on any atom is 0.228 e. The Labute approximate surface area is 203 Å². The van der Waals surface area contributed by atoms with Gasteiger partial charge >= 0.3 is 0 Å². The molecule has 2 aromatic carbocycles. The molecule has 6 heteroatoms. The molecule has 0 spiro atoms. The lowest BCUT2D eigenvalue weighted by molar-refractivity contribution is -0.149. The zero-order valence-corrected chi connectivity index (χ0v) is 20.5. The van der Waals surface area contributed by atoms with Crippen molar-refractivity contribution in [1.29, 1.82) is 0 Å². The normalized spacial score (nSPS) is 21.5. The van der Waals surface area contributed by atoms with Crippen LogP contribution in [0.15, 0.2) is 54.6 Å². The molecule has 34 heavy (non-hydrogen) atoms. The molecule has 2 aromatic rings. The average molecular weight is 464 g/mol. The first-order chi connectivity index (χ1) is 16.6. The molecule has 0 aromatic heterocycles. The molecule has 2 aliphatic rings. The van der Waals surface area contributed by atoms with E-state index in [0.717, 1.165) is 56.9 Å². The first-order valence-electron chi connectivity index (χ1n) is 12.6. The second kappa shape index (κ2) is 11.5. The molecule has 0 bridgehead atoms. The Morgan fingerprint density at radius 1 is 1.00 bits per heavy atom. The van der Waals surface area contributed by atoms with Gasteiger partial charge < -0.3 is 14.5 Å². The number of nitrogens with zero attached hydrogens (tertiary/aromatic N) is 3. The smallest absolute Gasteiger partial charge is 0.228 e. The van der Waals surface area contributed by atoms with Crippen molar-refractivity contribution in [2.45, 2.75) is 45.2 Å². The van der Waals surface area contributed by atoms with E-state index < -0.39 is 0 Å². The maximum atomic E-state index is 13.9. The van der Waals surface area contributed by atoms with Gasteiger partial charge in [-0.2, -0.15) is 0 Å². The Balaban J connectivity index is 1.51. The molecule has 2 aliphatic heterocycles. The highest BCUT2D eigenvalue weighted by molar-refractivity contribution is 5.85. The lowest BCUT2D eigenvalue weighted by Gasteiger charge is -2.44. The largest absolute Gasteiger partial charge is 0.496 e. The van der Waals surface area contributed by atoms with Gasteiger partial charge in [0, 0.05) is 51.3 Å². The van der Waals surface area contributed by atoms with Crippen LogP contribution in [0, 0.1) is 5.92 Å². The van der Waals surface area contributed by atoms with Gasteiger partial charge in [-0.05, 0) is 24.5 Å². The van der Waals surface area contributed by atoms with E-state index in [0.29, 0.717) is 19.4 Å². The van der Waals surface area contributed by atoms with Crippen LogP contribution in [0.3, 0.4) is 0 Å². The summed E-state index contributed by atoms with van der Waals surface area (Å²) in [5.74, 6) is 0.811. The third-order valence-electron chi connectivity index (χ3n) is 7.17. The third-order valence-corrected chi connectivity index (χ3v) is 7.17. The van der Waals surface area contributed by atoms with Crippen molar-refractivity contribution in [1.82, 2.24) is 14.7 Å². The van der Waals surface area contributed by atoms with Crippen molar-refractivity contribution in [2.24, 2.45) is 5.92 Å². The van der Waals surface area contributed by atoms with E-state index >= 15 is 0 Å². The molecule has 4 rings (SSSR count). The Morgan fingerprint density at radius 2 is 1.71 bits per heavy atom. The van der Waals surface area contributed by atoms with Crippen molar-refractivity contribution in [3.8, 4) is 5.75 Å². The molecule has 0 radical (unpaired) electrons. The van der Waals surface area contributed by atoms with Gasteiger partial charge in [-0.3, -0.25) is 14.5 Å². The Kier molecular flexibility index (Phi) is 8.22. The van der Waals surface area contributed by atoms with Crippen LogP contribution in [0.2, 0.25) is 0 Å². The van der Waals surface area contributed by atoms with E-state index in [1.807, 2.05) is 40.1 Å². The van der Waals surface area contributed by atoms with Crippen molar-refractivity contribution in [3.63, 3.8) is 0 Å². The number of rotatable bonds is 8. The number of likely N-dealkylation sites (tertiary alicyclic amines) is 1. The molecular weight excluding hydrogens is 426 g/mol. The molecule has 2 heterocycles. The fraction of sp³-hybridized carbons (Fsp3) is 0.500. The SMILES string of the molecule is CCCCN1C(=O)CCC(C(=O)N2CCN(Cc3ccccc3)CC2)C1c1ccccc1OC. The first-order valence-corrected chi connectivity index (χ1v) is 12.6. The lowest BCUT2D eigenvalue weighted by atomic mass is 9.82. The van der Waals surface area contributed by atoms with E-state index in [1.165, 1.54) is 5.56 Å². The van der Waals surface area contributed by atoms with Gasteiger partial charge in [-0.15, -0.1) is 0 Å². The number of ether oxygens (including phenoxy) is 1. The van der Waals surface area contributed by atoms with Crippen LogP contribution in [0.4, 0.5) is 0 Å². The Morgan fingerprint density at radius 3 is 2.41 bits per heavy atom. The molecule has 2 saturated heterocycles. The predicted octanol–water partition coefficient (Wildman–Crippen LogP) is 4.12. The number of carbonyl (C=O) groups excluding carboxylic acids is 2. The van der Waals surface area contributed by atoms with Crippen molar-refractivity contribution in [2.75, 3.05) is 39.8 Å². The number of amides is 2. The summed E-state index contributed by atoms with van der Waals surface area (Å²) in [6, 6.07) is 18.1. The minimum absolute atomic E-state index is 0.140. The van der Waals surface area contributed by atoms with E-state index in [-0.39, 0.29) is 23.8 Å². The number of piperazine rings is 1. The number of unbranched alkanes of at least 4 members (excludes halogenated alkanes) is 1. The van der Waals surface area contributed by atoms with Crippen molar-refractivity contribution >= 4 is 11.8 Å². The van der Waals surface area contributed by atoms with Crippen LogP contribution in [-0.4, -0.2) is 66.3 Å². The second-order valence-electron chi connectivity index (χ2n) is 9.36. The zero-order chi connectivity index (χ0) is 23.9. The summed E-state index contributed by atoms with van der Waals surface area (Å²) >= 11 is 0. The second-order valence-corrected chi connectivity index (χ2v) is 9.36. The fourth-order valence-corrected chi connectivity index (χ4v) is 5.30. The molecule has 2 atom stereocenters. The van der Waals surface area contributed by atoms with Crippen LogP contribution in [0.1, 0.15) is 49.8 Å². The van der Waals surface area contributed by atoms with Crippen LogP contribution < -0.4 is 4.74 Å². The van der Waals surface area contributed by atoms with E-state index in [4.69, 9.17) is 4.74 Å². The minimum atomic E-state index is -0.279. The van der Waals surface area contributed by atoms with E-state index in [9.17, 15) is 9.59 Å². The van der Waals surface area contributed by atoms with Gasteiger partial charge in [0.05, 0.1) is 19.1 Å². The molecule has 2 amide bonds. The standard InChI is InChI=1S/C28H37N3O3/c1-3-4-16-31-26(32)15-14-24(27(31)23-12-8-9-13-25(23)34-2)28(33)30-19-17-29(18-20-30)21-22-10-6-5-7-11-22/h5-13,24,27H,3-4,14-21H2,1-2H3. The molecule has 2 fully saturated rings. The number of benzene rings is 2. The number of piperidine rings is 1. The monoisotopic (exact) mass is 463 g/mol. The van der Waals surface area contributed by atoms with Crippen molar-refractivity contribution in [3.05, 3.63) is 65.7 Å². The molecule has 0 saturated carbocycles. The van der Waals surface area contributed by atoms with Crippen LogP contribution in [-0.2, 0) is 16.1 Å². The topological polar surface area (TPSA) is 53.1 Å². The minimum Gasteiger partial charge on any atom is -0.496 e. The fourth-order valence-electron chi connectivity index (χ4n) is 5.30. The Bertz CT molecular complexity index is 956. The van der Waals surface area contributed by atoms with E-state index in [2.05, 4.69) is 36.1 Å². The number of hydrogen-bond donors (Lipinski definition) is 0. The highest BCUT2D eigenvalue weighted by atomic mass is 16.5. The van der Waals surface area contributed by atoms with Crippen LogP contribution in [0.5, 0.6) is 5.75 Å². The third kappa shape index (κ3) is 5.44. The highest BCUT2D eigenvalue weighted by Crippen LogP contribution is 2.41. The van der Waals surface area contributed by atoms with Crippen LogP contribution >= 0.6 is 0 Å². The molecule has 0 N–H and O–H groups in total. The number of hydrogen-bond acceptors (Lipinski definition) is 4. The highest BCUT2D eigenvalue weighted by Gasteiger charge is 2.43. The summed E-state index contributed by atoms with van der Waals surface area (Å²) < 4.78 is 5.66. The molecule has 182 valence electrons. The van der Waals surface area contributed by atoms with Gasteiger partial charge in [-0.25, -0.2) is 0 Å². The summed E-state index contributed by atoms with van der Waals surface area (Å²) in [4.78, 5) is 33.2. The van der Waals surface area contributed by atoms with Crippen LogP contribution in [0.25, 0.3) is 0 Å². The summed E-state index contributed by atoms with van der Waals surface area (Å²) in [5.41, 5.74) is 2.24. The van der Waals surface area contributed by atoms with Crippen molar-refractivity contribution < 1.29 is 14.3 Å². The summed E-state index contributed by atoms with van der Waals surface area (Å²) in [5, 5.41) is 0. The molecule has 6 nitrogen and oxygen atoms in total. The quantitative estimate of drug-likeness (QED) is 0.591. The molecule has 0 aliphatic carbocycles. The lowest BCUT2D eigenvalue weighted by Crippen LogP contribution is -2.54. The summed E-state index contributed by atoms with van der Waals surface area (Å²) in [7, 11) is 1.66. The van der Waals surface area contributed by atoms with Gasteiger partial charge in [0.1, 0.15) is 5.75 Å². The number of carbonyl (C=O) groups is 2. The first kappa shape index (κ1) is 24.3. The van der Waals surface area contributed by atoms with Gasteiger partial charge in [-0.1, -0.05) is 61.9 Å². The van der Waals surface area contributed by atoms with Gasteiger partial charge in [0.25, 0.3) is 0 Å². The zero-order valence-electron chi connectivity index (χ0n) is 20.5. The molecule has 2 unspecified atom stereocenters. The average Bonchev–Trinajstić information content (AvgIpc) is 2.88. The summed E-state index contributed by atoms with van der Waals surface area (Å²) in [6.45, 7) is 6.90. The van der Waals surface area contributed by atoms with Gasteiger partial charge in [0.15, 0.2) is 0 Å². The molecular formula is C28H37N3O3. The Hall–Kier alpha value is -2.86. The van der Waals surface area contributed by atoms with Gasteiger partial charge in [0.2, 0.25) is 11.8 Å². The summed E-state index contributed by atoms with van der Waals surface area (Å²) in [6.07, 6.45) is 2.95. The number of para-hydroxylation sites is 1. The predicted molar refractivity (Wildman–Crippen MR) is 133 cm³/mol.